The molecule has 0 aliphatic carbocycles. The van der Waals surface area contributed by atoms with Gasteiger partial charge in [0.25, 0.3) is 0 Å². The molecule has 78 valence electrons. The molecule has 0 bridgehead atoms. The Bertz CT molecular complexity index is 256. The molecular formula is C10H16N2S2. The van der Waals surface area contributed by atoms with Gasteiger partial charge < -0.3 is 0 Å². The second kappa shape index (κ2) is 8.84. The SMILES string of the molecule is CC.Cc1ccns1.Cc1nccs1. The maximum Gasteiger partial charge on any atom is 0.0893 e. The number of nitrogens with zero attached hydrogens (tertiary/aromatic N) is 2. The Morgan fingerprint density at radius 2 is 1.86 bits per heavy atom. The van der Waals surface area contributed by atoms with Gasteiger partial charge in [-0.05, 0) is 31.4 Å². The molecule has 2 rings (SSSR count). The van der Waals surface area contributed by atoms with E-state index in [0.29, 0.717) is 0 Å². The maximum absolute atomic E-state index is 3.94. The molecule has 0 N–H and O–H groups in total. The highest BCUT2D eigenvalue weighted by molar-refractivity contribution is 7.09. The Balaban J connectivity index is 0.000000206. The molecule has 0 aromatic carbocycles. The molecule has 0 fully saturated rings. The Hall–Kier alpha value is -0.740. The largest absolute Gasteiger partial charge is 0.250 e. The van der Waals surface area contributed by atoms with Gasteiger partial charge in [0.2, 0.25) is 0 Å². The summed E-state index contributed by atoms with van der Waals surface area (Å²) in [4.78, 5) is 5.21. The average Bonchev–Trinajstić information content (AvgIpc) is 2.83. The van der Waals surface area contributed by atoms with Crippen molar-refractivity contribution in [2.75, 3.05) is 0 Å². The van der Waals surface area contributed by atoms with Gasteiger partial charge in [0.15, 0.2) is 0 Å². The van der Waals surface area contributed by atoms with E-state index in [4.69, 9.17) is 0 Å². The minimum Gasteiger partial charge on any atom is -0.250 e. The van der Waals surface area contributed by atoms with Crippen molar-refractivity contribution in [3.8, 4) is 0 Å². The van der Waals surface area contributed by atoms with Crippen molar-refractivity contribution >= 4 is 22.9 Å². The van der Waals surface area contributed by atoms with Crippen LogP contribution in [-0.4, -0.2) is 9.36 Å². The number of aryl methyl sites for hydroxylation is 2. The second-order valence-corrected chi connectivity index (χ2v) is 4.31. The Morgan fingerprint density at radius 3 is 2.00 bits per heavy atom. The van der Waals surface area contributed by atoms with Gasteiger partial charge in [0, 0.05) is 22.7 Å². The molecule has 2 aromatic heterocycles. The number of rotatable bonds is 0. The molecule has 0 amide bonds. The molecule has 0 radical (unpaired) electrons. The first-order valence-electron chi connectivity index (χ1n) is 4.52. The second-order valence-electron chi connectivity index (χ2n) is 2.17. The van der Waals surface area contributed by atoms with Crippen LogP contribution < -0.4 is 0 Å². The first-order chi connectivity index (χ1) is 6.79. The number of aromatic nitrogens is 2. The average molecular weight is 228 g/mol. The minimum atomic E-state index is 1.13. The van der Waals surface area contributed by atoms with Crippen LogP contribution in [0, 0.1) is 13.8 Å². The molecule has 2 nitrogen and oxygen atoms in total. The lowest BCUT2D eigenvalue weighted by atomic mass is 10.6. The van der Waals surface area contributed by atoms with Crippen LogP contribution in [-0.2, 0) is 0 Å². The van der Waals surface area contributed by atoms with Crippen LogP contribution in [0.2, 0.25) is 0 Å². The number of thiazole rings is 1. The lowest BCUT2D eigenvalue weighted by molar-refractivity contribution is 1.30. The number of hydrogen-bond donors (Lipinski definition) is 0. The normalized spacial score (nSPS) is 8.00. The van der Waals surface area contributed by atoms with Gasteiger partial charge in [-0.25, -0.2) is 4.37 Å². The van der Waals surface area contributed by atoms with Gasteiger partial charge in [-0.1, -0.05) is 13.8 Å². The van der Waals surface area contributed by atoms with Crippen molar-refractivity contribution in [2.45, 2.75) is 27.7 Å². The van der Waals surface area contributed by atoms with Gasteiger partial charge >= 0.3 is 0 Å². The maximum atomic E-state index is 3.94. The van der Waals surface area contributed by atoms with Crippen molar-refractivity contribution in [1.82, 2.24) is 9.36 Å². The summed E-state index contributed by atoms with van der Waals surface area (Å²) in [5, 5.41) is 3.10. The van der Waals surface area contributed by atoms with E-state index in [1.165, 1.54) is 16.4 Å². The van der Waals surface area contributed by atoms with Crippen molar-refractivity contribution in [2.24, 2.45) is 0 Å². The first-order valence-corrected chi connectivity index (χ1v) is 6.17. The van der Waals surface area contributed by atoms with E-state index in [2.05, 4.69) is 9.36 Å². The van der Waals surface area contributed by atoms with Crippen LogP contribution in [0.4, 0.5) is 0 Å². The van der Waals surface area contributed by atoms with Crippen LogP contribution in [0.3, 0.4) is 0 Å². The molecular weight excluding hydrogens is 212 g/mol. The molecule has 0 unspecified atom stereocenters. The van der Waals surface area contributed by atoms with E-state index in [1.807, 2.05) is 39.1 Å². The topological polar surface area (TPSA) is 25.8 Å². The zero-order valence-corrected chi connectivity index (χ0v) is 10.7. The van der Waals surface area contributed by atoms with Gasteiger partial charge in [-0.2, -0.15) is 0 Å². The molecule has 0 aliphatic rings. The monoisotopic (exact) mass is 228 g/mol. The standard InChI is InChI=1S/2C4H5NS.C2H6/c1-4-5-2-3-6-4;1-4-2-3-5-6-4;1-2/h2*2-3H,1H3;1-2H3. The third kappa shape index (κ3) is 6.74. The van der Waals surface area contributed by atoms with Gasteiger partial charge in [0.1, 0.15) is 0 Å². The highest BCUT2D eigenvalue weighted by Crippen LogP contribution is 1.98. The van der Waals surface area contributed by atoms with E-state index >= 15 is 0 Å². The first kappa shape index (κ1) is 13.3. The van der Waals surface area contributed by atoms with Crippen LogP contribution in [0.25, 0.3) is 0 Å². The smallest absolute Gasteiger partial charge is 0.0893 e. The summed E-state index contributed by atoms with van der Waals surface area (Å²) >= 11 is 3.19. The van der Waals surface area contributed by atoms with Crippen LogP contribution >= 0.6 is 22.9 Å². The fourth-order valence-corrected chi connectivity index (χ4v) is 1.42. The molecule has 0 saturated carbocycles. The van der Waals surface area contributed by atoms with Gasteiger partial charge in [-0.15, -0.1) is 11.3 Å². The summed E-state index contributed by atoms with van der Waals surface area (Å²) in [5.41, 5.74) is 0. The highest BCUT2D eigenvalue weighted by atomic mass is 32.1. The van der Waals surface area contributed by atoms with Crippen molar-refractivity contribution in [1.29, 1.82) is 0 Å². The fourth-order valence-electron chi connectivity index (χ4n) is 0.574. The van der Waals surface area contributed by atoms with Gasteiger partial charge in [0.05, 0.1) is 5.01 Å². The highest BCUT2D eigenvalue weighted by Gasteiger charge is 1.76. The molecule has 0 spiro atoms. The molecule has 2 heterocycles. The van der Waals surface area contributed by atoms with Crippen molar-refractivity contribution < 1.29 is 0 Å². The van der Waals surface area contributed by atoms with Crippen LogP contribution in [0.15, 0.2) is 23.8 Å². The van der Waals surface area contributed by atoms with E-state index in [9.17, 15) is 0 Å². The predicted molar refractivity (Wildman–Crippen MR) is 65.1 cm³/mol. The van der Waals surface area contributed by atoms with E-state index < -0.39 is 0 Å². The van der Waals surface area contributed by atoms with E-state index in [-0.39, 0.29) is 0 Å². The zero-order valence-electron chi connectivity index (χ0n) is 9.02. The van der Waals surface area contributed by atoms with Crippen molar-refractivity contribution in [3.05, 3.63) is 33.7 Å². The molecule has 14 heavy (non-hydrogen) atoms. The molecule has 0 saturated heterocycles. The van der Waals surface area contributed by atoms with Crippen LogP contribution in [0.5, 0.6) is 0 Å². The minimum absolute atomic E-state index is 1.13. The summed E-state index contributed by atoms with van der Waals surface area (Å²) in [6, 6.07) is 1.99. The Kier molecular flexibility index (Phi) is 8.37. The van der Waals surface area contributed by atoms with Gasteiger partial charge in [-0.3, -0.25) is 4.98 Å². The molecule has 0 atom stereocenters. The fraction of sp³-hybridized carbons (Fsp3) is 0.400. The predicted octanol–water partition coefficient (Wildman–Crippen LogP) is 3.93. The summed E-state index contributed by atoms with van der Waals surface area (Å²) in [6.45, 7) is 8.03. The lowest BCUT2D eigenvalue weighted by Gasteiger charge is -1.65. The number of hydrogen-bond acceptors (Lipinski definition) is 4. The molecule has 0 aliphatic heterocycles. The zero-order chi connectivity index (χ0) is 10.8. The summed E-state index contributed by atoms with van der Waals surface area (Å²) in [5.74, 6) is 0. The molecule has 4 heteroatoms. The Morgan fingerprint density at radius 1 is 1.14 bits per heavy atom. The Labute approximate surface area is 93.8 Å². The summed E-state index contributed by atoms with van der Waals surface area (Å²) in [6.07, 6.45) is 3.61. The van der Waals surface area contributed by atoms with E-state index in [0.717, 1.165) is 5.01 Å². The van der Waals surface area contributed by atoms with E-state index in [1.54, 1.807) is 23.7 Å². The summed E-state index contributed by atoms with van der Waals surface area (Å²) < 4.78 is 3.86. The van der Waals surface area contributed by atoms with Crippen molar-refractivity contribution in [3.63, 3.8) is 0 Å². The quantitative estimate of drug-likeness (QED) is 0.683. The third-order valence-electron chi connectivity index (χ3n) is 1.12. The van der Waals surface area contributed by atoms with Crippen LogP contribution in [0.1, 0.15) is 23.7 Å². The summed E-state index contributed by atoms with van der Waals surface area (Å²) in [7, 11) is 0. The lowest BCUT2D eigenvalue weighted by Crippen LogP contribution is -1.56. The third-order valence-corrected chi connectivity index (χ3v) is 2.48. The molecule has 2 aromatic rings.